The Kier molecular flexibility index (Phi) is 5.36. The van der Waals surface area contributed by atoms with E-state index in [4.69, 9.17) is 0 Å². The maximum absolute atomic E-state index is 12.4. The third-order valence-corrected chi connectivity index (χ3v) is 6.26. The van der Waals surface area contributed by atoms with Gasteiger partial charge in [-0.15, -0.1) is 0 Å². The first-order valence-corrected chi connectivity index (χ1v) is 10.1. The van der Waals surface area contributed by atoms with Gasteiger partial charge >= 0.3 is 0 Å². The molecule has 6 heteroatoms. The molecule has 0 atom stereocenters. The Morgan fingerprint density at radius 3 is 2.30 bits per heavy atom. The summed E-state index contributed by atoms with van der Waals surface area (Å²) in [6, 6.07) is 0. The molecule has 2 aliphatic rings. The highest BCUT2D eigenvalue weighted by Crippen LogP contribution is 2.40. The molecule has 1 fully saturated rings. The molecular weight excluding hydrogens is 312 g/mol. The summed E-state index contributed by atoms with van der Waals surface area (Å²) in [5.74, 6) is -0.0279. The number of nitrogens with zero attached hydrogens (tertiary/aromatic N) is 2. The van der Waals surface area contributed by atoms with E-state index in [1.165, 1.54) is 28.1 Å². The van der Waals surface area contributed by atoms with Crippen LogP contribution in [-0.4, -0.2) is 56.0 Å². The van der Waals surface area contributed by atoms with Crippen molar-refractivity contribution in [2.45, 2.75) is 40.0 Å². The molecule has 0 N–H and O–H groups in total. The van der Waals surface area contributed by atoms with Gasteiger partial charge in [0, 0.05) is 32.3 Å². The molecule has 2 rings (SSSR count). The lowest BCUT2D eigenvalue weighted by molar-refractivity contribution is -0.127. The van der Waals surface area contributed by atoms with Crippen LogP contribution in [0, 0.1) is 5.41 Å². The zero-order valence-electron chi connectivity index (χ0n) is 14.6. The summed E-state index contributed by atoms with van der Waals surface area (Å²) in [7, 11) is -3.16. The van der Waals surface area contributed by atoms with Crippen LogP contribution in [0.1, 0.15) is 40.0 Å². The summed E-state index contributed by atoms with van der Waals surface area (Å²) < 4.78 is 24.4. The second kappa shape index (κ2) is 6.77. The van der Waals surface area contributed by atoms with Crippen molar-refractivity contribution < 1.29 is 13.2 Å². The van der Waals surface area contributed by atoms with Crippen molar-refractivity contribution in [1.29, 1.82) is 0 Å². The number of piperazine rings is 1. The van der Waals surface area contributed by atoms with E-state index in [1.807, 2.05) is 6.08 Å². The maximum atomic E-state index is 12.4. The Morgan fingerprint density at radius 2 is 1.78 bits per heavy atom. The van der Waals surface area contributed by atoms with Gasteiger partial charge in [0.2, 0.25) is 15.9 Å². The molecule has 1 heterocycles. The van der Waals surface area contributed by atoms with E-state index >= 15 is 0 Å². The van der Waals surface area contributed by atoms with Gasteiger partial charge in [0.15, 0.2) is 0 Å². The highest BCUT2D eigenvalue weighted by molar-refractivity contribution is 7.88. The first kappa shape index (κ1) is 18.2. The Balaban J connectivity index is 2.00. The number of carbonyl (C=O) groups excluding carboxylic acids is 1. The van der Waals surface area contributed by atoms with Crippen molar-refractivity contribution in [1.82, 2.24) is 9.21 Å². The molecule has 0 aromatic rings. The predicted octanol–water partition coefficient (Wildman–Crippen LogP) is 2.17. The van der Waals surface area contributed by atoms with Crippen molar-refractivity contribution in [3.8, 4) is 0 Å². The molecule has 1 amide bonds. The summed E-state index contributed by atoms with van der Waals surface area (Å²) >= 11 is 0. The summed E-state index contributed by atoms with van der Waals surface area (Å²) in [5.41, 5.74) is 2.76. The smallest absolute Gasteiger partial charge is 0.246 e. The lowest BCUT2D eigenvalue weighted by Crippen LogP contribution is -2.49. The summed E-state index contributed by atoms with van der Waals surface area (Å²) in [6.45, 7) is 8.28. The first-order chi connectivity index (χ1) is 10.6. The van der Waals surface area contributed by atoms with Gasteiger partial charge < -0.3 is 4.90 Å². The summed E-state index contributed by atoms with van der Waals surface area (Å²) in [5, 5.41) is 0. The molecule has 0 aromatic carbocycles. The van der Waals surface area contributed by atoms with Crippen LogP contribution in [0.2, 0.25) is 0 Å². The second-order valence-corrected chi connectivity index (χ2v) is 9.23. The van der Waals surface area contributed by atoms with Crippen LogP contribution >= 0.6 is 0 Å². The van der Waals surface area contributed by atoms with Gasteiger partial charge in [-0.1, -0.05) is 25.5 Å². The maximum Gasteiger partial charge on any atom is 0.246 e. The van der Waals surface area contributed by atoms with E-state index in [0.29, 0.717) is 26.2 Å². The number of hydrogen-bond donors (Lipinski definition) is 0. The molecule has 0 spiro atoms. The van der Waals surface area contributed by atoms with Crippen LogP contribution in [0.15, 0.2) is 23.3 Å². The van der Waals surface area contributed by atoms with Crippen LogP contribution in [0.3, 0.4) is 0 Å². The fraction of sp³-hybridized carbons (Fsp3) is 0.706. The molecule has 0 unspecified atom stereocenters. The molecule has 0 bridgehead atoms. The lowest BCUT2D eigenvalue weighted by atomic mass is 9.72. The third kappa shape index (κ3) is 4.44. The zero-order valence-corrected chi connectivity index (χ0v) is 15.4. The van der Waals surface area contributed by atoms with E-state index in [1.54, 1.807) is 11.0 Å². The average Bonchev–Trinajstić information content (AvgIpc) is 2.45. The van der Waals surface area contributed by atoms with Crippen LogP contribution in [0.5, 0.6) is 0 Å². The fourth-order valence-corrected chi connectivity index (χ4v) is 4.34. The van der Waals surface area contributed by atoms with Gasteiger partial charge in [0.05, 0.1) is 6.26 Å². The Morgan fingerprint density at radius 1 is 1.17 bits per heavy atom. The van der Waals surface area contributed by atoms with E-state index in [9.17, 15) is 13.2 Å². The van der Waals surface area contributed by atoms with Crippen molar-refractivity contribution in [3.05, 3.63) is 23.3 Å². The topological polar surface area (TPSA) is 57.7 Å². The first-order valence-electron chi connectivity index (χ1n) is 8.23. The normalized spacial score (nSPS) is 23.6. The quantitative estimate of drug-likeness (QED) is 0.740. The van der Waals surface area contributed by atoms with Crippen molar-refractivity contribution in [2.24, 2.45) is 5.41 Å². The van der Waals surface area contributed by atoms with Crippen molar-refractivity contribution >= 4 is 15.9 Å². The van der Waals surface area contributed by atoms with Gasteiger partial charge in [-0.2, -0.15) is 4.31 Å². The van der Waals surface area contributed by atoms with Crippen molar-refractivity contribution in [3.63, 3.8) is 0 Å². The minimum absolute atomic E-state index is 0.0279. The second-order valence-electron chi connectivity index (χ2n) is 7.25. The Bertz CT molecular complexity index is 624. The van der Waals surface area contributed by atoms with Gasteiger partial charge in [0.25, 0.3) is 0 Å². The molecule has 23 heavy (non-hydrogen) atoms. The number of carbonyl (C=O) groups is 1. The molecule has 5 nitrogen and oxygen atoms in total. The van der Waals surface area contributed by atoms with E-state index < -0.39 is 10.0 Å². The van der Waals surface area contributed by atoms with Crippen LogP contribution in [0.4, 0.5) is 0 Å². The van der Waals surface area contributed by atoms with Crippen LogP contribution < -0.4 is 0 Å². The zero-order chi connectivity index (χ0) is 17.3. The summed E-state index contributed by atoms with van der Waals surface area (Å²) in [4.78, 5) is 14.1. The largest absolute Gasteiger partial charge is 0.337 e. The standard InChI is InChI=1S/C17H28N2O3S/c1-14-6-5-9-17(2,3)15(14)7-8-16(20)18-10-12-19(13-11-18)23(4,21)22/h7-8H,5-6,9-13H2,1-4H3/b8-7+. The minimum atomic E-state index is -3.16. The molecule has 0 saturated carbocycles. The highest BCUT2D eigenvalue weighted by Gasteiger charge is 2.28. The predicted molar refractivity (Wildman–Crippen MR) is 92.5 cm³/mol. The molecule has 1 saturated heterocycles. The van der Waals surface area contributed by atoms with Crippen LogP contribution in [-0.2, 0) is 14.8 Å². The van der Waals surface area contributed by atoms with E-state index in [0.717, 1.165) is 12.8 Å². The van der Waals surface area contributed by atoms with E-state index in [-0.39, 0.29) is 11.3 Å². The third-order valence-electron chi connectivity index (χ3n) is 4.95. The Labute approximate surface area is 140 Å². The summed E-state index contributed by atoms with van der Waals surface area (Å²) in [6.07, 6.45) is 8.29. The van der Waals surface area contributed by atoms with Gasteiger partial charge in [-0.25, -0.2) is 8.42 Å². The molecule has 1 aliphatic carbocycles. The van der Waals surface area contributed by atoms with Crippen molar-refractivity contribution in [2.75, 3.05) is 32.4 Å². The van der Waals surface area contributed by atoms with Gasteiger partial charge in [0.1, 0.15) is 0 Å². The van der Waals surface area contributed by atoms with Gasteiger partial charge in [-0.3, -0.25) is 4.79 Å². The fourth-order valence-electron chi connectivity index (χ4n) is 3.51. The van der Waals surface area contributed by atoms with Crippen LogP contribution in [0.25, 0.3) is 0 Å². The molecule has 130 valence electrons. The number of hydrogen-bond acceptors (Lipinski definition) is 3. The van der Waals surface area contributed by atoms with Gasteiger partial charge in [-0.05, 0) is 37.2 Å². The minimum Gasteiger partial charge on any atom is -0.337 e. The lowest BCUT2D eigenvalue weighted by Gasteiger charge is -2.34. The molecular formula is C17H28N2O3S. The highest BCUT2D eigenvalue weighted by atomic mass is 32.2. The molecule has 0 radical (unpaired) electrons. The Hall–Kier alpha value is -1.14. The number of sulfonamides is 1. The SMILES string of the molecule is CC1=C(/C=C/C(=O)N2CCN(S(C)(=O)=O)CC2)C(C)(C)CCC1. The molecule has 1 aliphatic heterocycles. The number of rotatable bonds is 3. The molecule has 0 aromatic heterocycles. The monoisotopic (exact) mass is 340 g/mol. The van der Waals surface area contributed by atoms with E-state index in [2.05, 4.69) is 20.8 Å². The number of allylic oxidation sites excluding steroid dienone is 3. The number of amides is 1. The average molecular weight is 340 g/mol.